The molecule has 0 bridgehead atoms. The molecule has 0 aliphatic carbocycles. The summed E-state index contributed by atoms with van der Waals surface area (Å²) in [6.07, 6.45) is 12.2. The number of carbonyl (C=O) groups excluding carboxylic acids is 11. The highest BCUT2D eigenvalue weighted by atomic mass is 16.5. The molecule has 0 spiro atoms. The summed E-state index contributed by atoms with van der Waals surface area (Å²) in [6.45, 7) is 5.34. The largest absolute Gasteiger partial charge is 0.481 e. The molecule has 0 fully saturated rings. The van der Waals surface area contributed by atoms with Crippen LogP contribution in [0.2, 0.25) is 0 Å². The summed E-state index contributed by atoms with van der Waals surface area (Å²) in [7, 11) is 1.37. The second-order valence-corrected chi connectivity index (χ2v) is 17.0. The highest BCUT2D eigenvalue weighted by molar-refractivity contribution is 6.15. The molecule has 11 amide bonds. The van der Waals surface area contributed by atoms with Crippen molar-refractivity contribution in [3.05, 3.63) is 60.8 Å². The molecule has 2 unspecified atom stereocenters. The first kappa shape index (κ1) is 59.0. The molecule has 5 aliphatic rings. The summed E-state index contributed by atoms with van der Waals surface area (Å²) < 4.78 is 16.2. The molecular weight excluding hydrogens is 949 g/mol. The number of imide groups is 5. The minimum absolute atomic E-state index is 0.0162. The maximum atomic E-state index is 12.4. The number of hydrogen-bond acceptors (Lipinski definition) is 16. The number of aliphatic carboxylic acids is 2. The maximum absolute atomic E-state index is 12.4. The van der Waals surface area contributed by atoms with Crippen LogP contribution in [0.4, 0.5) is 0 Å². The van der Waals surface area contributed by atoms with E-state index >= 15 is 0 Å². The fourth-order valence-corrected chi connectivity index (χ4v) is 7.92. The Bertz CT molecular complexity index is 2130. The molecular formula is C48H62N6O18. The number of rotatable bonds is 30. The molecule has 24 nitrogen and oxygen atoms in total. The van der Waals surface area contributed by atoms with Crippen LogP contribution in [-0.2, 0) is 76.5 Å². The highest BCUT2D eigenvalue weighted by Crippen LogP contribution is 2.34. The van der Waals surface area contributed by atoms with Crippen LogP contribution >= 0.6 is 0 Å². The first-order chi connectivity index (χ1) is 34.2. The van der Waals surface area contributed by atoms with E-state index in [4.69, 9.17) is 24.4 Å². The van der Waals surface area contributed by atoms with E-state index in [9.17, 15) is 62.3 Å². The molecule has 24 heteroatoms. The van der Waals surface area contributed by atoms with Gasteiger partial charge in [0.05, 0.1) is 39.3 Å². The second-order valence-electron chi connectivity index (χ2n) is 17.0. The van der Waals surface area contributed by atoms with Gasteiger partial charge in [-0.3, -0.25) is 86.8 Å². The van der Waals surface area contributed by atoms with E-state index in [-0.39, 0.29) is 85.0 Å². The molecule has 5 heterocycles. The van der Waals surface area contributed by atoms with Crippen molar-refractivity contribution < 1.29 is 86.8 Å². The molecule has 0 aromatic rings. The van der Waals surface area contributed by atoms with Crippen molar-refractivity contribution in [2.24, 2.45) is 10.8 Å². The van der Waals surface area contributed by atoms with Gasteiger partial charge in [0.2, 0.25) is 5.91 Å². The van der Waals surface area contributed by atoms with E-state index < -0.39 is 93.9 Å². The van der Waals surface area contributed by atoms with Crippen LogP contribution in [-0.4, -0.2) is 191 Å². The maximum Gasteiger partial charge on any atom is 0.305 e. The number of nitrogens with one attached hydrogen (secondary N) is 1. The monoisotopic (exact) mass is 1010 g/mol. The quantitative estimate of drug-likeness (QED) is 0.0633. The number of carbonyl (C=O) groups is 13. The van der Waals surface area contributed by atoms with E-state index in [1.54, 1.807) is 6.92 Å². The lowest BCUT2D eigenvalue weighted by Gasteiger charge is -2.37. The summed E-state index contributed by atoms with van der Waals surface area (Å²) in [4.78, 5) is 160. The van der Waals surface area contributed by atoms with Crippen LogP contribution in [0.3, 0.4) is 0 Å². The van der Waals surface area contributed by atoms with Crippen molar-refractivity contribution in [1.82, 2.24) is 29.8 Å². The third kappa shape index (κ3) is 17.5. The lowest BCUT2D eigenvalue weighted by Crippen LogP contribution is -2.51. The number of ether oxygens (including phenoxy) is 3. The zero-order chi connectivity index (χ0) is 53.6. The van der Waals surface area contributed by atoms with Gasteiger partial charge in [-0.1, -0.05) is 13.8 Å². The molecule has 0 aromatic carbocycles. The number of carboxylic acids is 2. The van der Waals surface area contributed by atoms with Crippen LogP contribution in [0.5, 0.6) is 0 Å². The van der Waals surface area contributed by atoms with Gasteiger partial charge in [-0.2, -0.15) is 0 Å². The molecule has 392 valence electrons. The van der Waals surface area contributed by atoms with Gasteiger partial charge in [0.1, 0.15) is 6.10 Å². The first-order valence-corrected chi connectivity index (χ1v) is 23.3. The van der Waals surface area contributed by atoms with E-state index in [0.717, 1.165) is 48.8 Å². The second kappa shape index (κ2) is 28.5. The first-order valence-electron chi connectivity index (χ1n) is 23.3. The van der Waals surface area contributed by atoms with Crippen molar-refractivity contribution in [3.8, 4) is 0 Å². The number of hydrogen-bond donors (Lipinski definition) is 3. The fourth-order valence-electron chi connectivity index (χ4n) is 7.92. The van der Waals surface area contributed by atoms with Crippen LogP contribution < -0.4 is 5.32 Å². The van der Waals surface area contributed by atoms with Crippen LogP contribution in [0.15, 0.2) is 60.8 Å². The normalized spacial score (nSPS) is 17.4. The summed E-state index contributed by atoms with van der Waals surface area (Å²) in [5, 5.41) is 20.6. The van der Waals surface area contributed by atoms with Crippen LogP contribution in [0, 0.1) is 10.8 Å². The van der Waals surface area contributed by atoms with E-state index in [1.165, 1.54) is 43.6 Å². The average Bonchev–Trinajstić information content (AvgIpc) is 4.13. The molecule has 0 saturated carbocycles. The van der Waals surface area contributed by atoms with Gasteiger partial charge >= 0.3 is 11.9 Å². The smallest absolute Gasteiger partial charge is 0.305 e. The number of nitrogens with zero attached hydrogens (tertiary/aromatic N) is 5. The van der Waals surface area contributed by atoms with Crippen molar-refractivity contribution in [2.75, 3.05) is 72.8 Å². The third-order valence-electron chi connectivity index (χ3n) is 11.9. The lowest BCUT2D eigenvalue weighted by atomic mass is 9.78. The van der Waals surface area contributed by atoms with Crippen molar-refractivity contribution in [1.29, 1.82) is 0 Å². The van der Waals surface area contributed by atoms with E-state index in [0.29, 0.717) is 32.1 Å². The summed E-state index contributed by atoms with van der Waals surface area (Å²) in [5.74, 6) is -7.20. The Hall–Kier alpha value is -7.31. The molecule has 0 aromatic heterocycles. The van der Waals surface area contributed by atoms with Gasteiger partial charge in [0.15, 0.2) is 0 Å². The van der Waals surface area contributed by atoms with Gasteiger partial charge in [0.25, 0.3) is 59.1 Å². The predicted molar refractivity (Wildman–Crippen MR) is 249 cm³/mol. The molecule has 5 rings (SSSR count). The molecule has 0 radical (unpaired) electrons. The Morgan fingerprint density at radius 2 is 0.778 bits per heavy atom. The van der Waals surface area contributed by atoms with Gasteiger partial charge in [-0.05, 0) is 45.4 Å². The highest BCUT2D eigenvalue weighted by Gasteiger charge is 2.40. The minimum Gasteiger partial charge on any atom is -0.481 e. The molecule has 0 saturated heterocycles. The van der Waals surface area contributed by atoms with Crippen LogP contribution in [0.25, 0.3) is 0 Å². The summed E-state index contributed by atoms with van der Waals surface area (Å²) >= 11 is 0. The number of carboxylic acid groups (broad SMARTS) is 2. The Labute approximate surface area is 415 Å². The summed E-state index contributed by atoms with van der Waals surface area (Å²) in [6, 6.07) is 0. The molecule has 3 N–H and O–H groups in total. The zero-order valence-corrected chi connectivity index (χ0v) is 40.7. The Balaban J connectivity index is 0.000000368. The van der Waals surface area contributed by atoms with Gasteiger partial charge in [-0.15, -0.1) is 0 Å². The van der Waals surface area contributed by atoms with Gasteiger partial charge in [-0.25, -0.2) is 0 Å². The lowest BCUT2D eigenvalue weighted by molar-refractivity contribution is -0.143. The molecule has 5 aliphatic heterocycles. The van der Waals surface area contributed by atoms with Crippen molar-refractivity contribution >= 4 is 76.9 Å². The Morgan fingerprint density at radius 1 is 0.500 bits per heavy atom. The topological polar surface area (TPSA) is 318 Å². The van der Waals surface area contributed by atoms with E-state index in [1.807, 2.05) is 13.8 Å². The summed E-state index contributed by atoms with van der Waals surface area (Å²) in [5.41, 5.74) is -1.90. The van der Waals surface area contributed by atoms with Crippen molar-refractivity contribution in [2.45, 2.75) is 78.2 Å². The predicted octanol–water partition coefficient (Wildman–Crippen LogP) is 0.0711. The van der Waals surface area contributed by atoms with Crippen LogP contribution in [0.1, 0.15) is 72.1 Å². The SMILES string of the molecule is CC.COC(C)C(=O)NCC(CCCN1C(=O)C=CC1=O)(COCCC(=O)O)CN1C(=O)C=CC1=O.O=C(O)CCOCC(CCCN1C(=O)C=CC1=O)(CCCN1C(=O)C=CC1=O)CN1C(=O)C=CC1=O. The van der Waals surface area contributed by atoms with Gasteiger partial charge < -0.3 is 29.7 Å². The molecule has 72 heavy (non-hydrogen) atoms. The standard InChI is InChI=1S/C24H27N3O9.C22H29N3O9.C2H6/c28-17-3-4-18(29)25(17)12-1-10-24(16-36-14-9-23(34)35,15-27-21(32)7-8-22(27)33)11-2-13-26-19(30)5-6-20(26)31;1-15(33-2)21(32)23-12-22(14-34-11-8-20(30)31,13-25-18(28)6-7-19(25)29)9-3-10-24-16(26)4-5-17(24)27;1-2/h3-8H,1-2,9-16H2,(H,34,35);4-7,15H,3,8-14H2,1-2H3,(H,23,32)(H,30,31);1-2H3. The van der Waals surface area contributed by atoms with E-state index in [2.05, 4.69) is 5.32 Å². The number of amides is 11. The minimum atomic E-state index is -1.06. The zero-order valence-electron chi connectivity index (χ0n) is 40.7. The molecule has 2 atom stereocenters. The van der Waals surface area contributed by atoms with Gasteiger partial charge in [0, 0.05) is 118 Å². The Kier molecular flexibility index (Phi) is 23.4. The Morgan fingerprint density at radius 3 is 1.08 bits per heavy atom. The number of methoxy groups -OCH3 is 1. The average molecular weight is 1010 g/mol. The van der Waals surface area contributed by atoms with Crippen molar-refractivity contribution in [3.63, 3.8) is 0 Å². The third-order valence-corrected chi connectivity index (χ3v) is 11.9. The fraction of sp³-hybridized carbons (Fsp3) is 0.521.